The Bertz CT molecular complexity index is 684. The van der Waals surface area contributed by atoms with Gasteiger partial charge in [-0.15, -0.1) is 0 Å². The molecule has 0 aliphatic rings. The van der Waals surface area contributed by atoms with Crippen molar-refractivity contribution in [2.24, 2.45) is 0 Å². The van der Waals surface area contributed by atoms with Gasteiger partial charge < -0.3 is 0 Å². The Morgan fingerprint density at radius 1 is 1.37 bits per heavy atom. The van der Waals surface area contributed by atoms with E-state index in [1.165, 1.54) is 22.9 Å². The zero-order chi connectivity index (χ0) is 14.4. The summed E-state index contributed by atoms with van der Waals surface area (Å²) in [5, 5.41) is 0. The zero-order valence-corrected chi connectivity index (χ0v) is 11.4. The number of pyridine rings is 1. The molecule has 0 saturated carbocycles. The van der Waals surface area contributed by atoms with Gasteiger partial charge >= 0.3 is 0 Å². The molecule has 0 saturated heterocycles. The topological polar surface area (TPSA) is 34.4 Å². The Hall–Kier alpha value is -1.78. The number of fused-ring (bicyclic) bond motifs is 1. The lowest BCUT2D eigenvalue weighted by Crippen LogP contribution is -2.21. The molecule has 3 nitrogen and oxygen atoms in total. The van der Waals surface area contributed by atoms with E-state index in [-0.39, 0.29) is 17.0 Å². The number of aryl methyl sites for hydroxylation is 1. The lowest BCUT2D eigenvalue weighted by atomic mass is 10.0. The highest BCUT2D eigenvalue weighted by molar-refractivity contribution is 5.51. The molecule has 102 valence electrons. The molecule has 0 radical (unpaired) electrons. The highest BCUT2D eigenvalue weighted by Gasteiger charge is 2.26. The molecule has 2 aromatic heterocycles. The SMILES string of the molecule is Cc1cnc2c(C(C)C)cc(C(C)(F)F)cn2c1=O. The highest BCUT2D eigenvalue weighted by atomic mass is 19.3. The average molecular weight is 266 g/mol. The Kier molecular flexibility index (Phi) is 3.16. The zero-order valence-electron chi connectivity index (χ0n) is 11.4. The van der Waals surface area contributed by atoms with Crippen LogP contribution in [0.3, 0.4) is 0 Å². The van der Waals surface area contributed by atoms with E-state index < -0.39 is 5.92 Å². The van der Waals surface area contributed by atoms with Crippen molar-refractivity contribution in [3.05, 3.63) is 45.5 Å². The smallest absolute Gasteiger partial charge is 0.269 e. The minimum atomic E-state index is -2.99. The fourth-order valence-electron chi connectivity index (χ4n) is 1.97. The van der Waals surface area contributed by atoms with Crippen molar-refractivity contribution in [1.82, 2.24) is 9.38 Å². The van der Waals surface area contributed by atoms with Gasteiger partial charge in [-0.3, -0.25) is 9.20 Å². The molecule has 0 aromatic carbocycles. The molecule has 0 aliphatic carbocycles. The average Bonchev–Trinajstić information content (AvgIpc) is 2.31. The second-order valence-electron chi connectivity index (χ2n) is 5.17. The molecule has 0 spiro atoms. The Labute approximate surface area is 109 Å². The van der Waals surface area contributed by atoms with Gasteiger partial charge in [0, 0.05) is 30.4 Å². The van der Waals surface area contributed by atoms with Crippen molar-refractivity contribution in [3.8, 4) is 0 Å². The van der Waals surface area contributed by atoms with Gasteiger partial charge in [0.25, 0.3) is 11.5 Å². The van der Waals surface area contributed by atoms with E-state index >= 15 is 0 Å². The van der Waals surface area contributed by atoms with Gasteiger partial charge in [-0.05, 0) is 24.5 Å². The van der Waals surface area contributed by atoms with Crippen molar-refractivity contribution in [3.63, 3.8) is 0 Å². The minimum absolute atomic E-state index is 0.00639. The summed E-state index contributed by atoms with van der Waals surface area (Å²) in [6.07, 6.45) is 2.66. The van der Waals surface area contributed by atoms with Crippen molar-refractivity contribution >= 4 is 5.65 Å². The second kappa shape index (κ2) is 4.40. The first-order valence-corrected chi connectivity index (χ1v) is 6.12. The van der Waals surface area contributed by atoms with Gasteiger partial charge in [0.1, 0.15) is 5.65 Å². The fraction of sp³-hybridized carbons (Fsp3) is 0.429. The molecule has 0 aliphatic heterocycles. The first-order chi connectivity index (χ1) is 8.71. The van der Waals surface area contributed by atoms with Crippen LogP contribution >= 0.6 is 0 Å². The normalized spacial score (nSPS) is 12.4. The van der Waals surface area contributed by atoms with Gasteiger partial charge in [-0.2, -0.15) is 0 Å². The van der Waals surface area contributed by atoms with E-state index in [1.807, 2.05) is 13.8 Å². The van der Waals surface area contributed by atoms with E-state index in [0.717, 1.165) is 6.92 Å². The van der Waals surface area contributed by atoms with E-state index in [4.69, 9.17) is 0 Å². The van der Waals surface area contributed by atoms with Crippen LogP contribution in [-0.2, 0) is 5.92 Å². The summed E-state index contributed by atoms with van der Waals surface area (Å²) < 4.78 is 28.3. The maximum atomic E-state index is 13.5. The Balaban J connectivity index is 2.93. The van der Waals surface area contributed by atoms with Crippen molar-refractivity contribution < 1.29 is 8.78 Å². The molecule has 5 heteroatoms. The second-order valence-corrected chi connectivity index (χ2v) is 5.17. The highest BCUT2D eigenvalue weighted by Crippen LogP contribution is 2.30. The predicted molar refractivity (Wildman–Crippen MR) is 69.9 cm³/mol. The van der Waals surface area contributed by atoms with Crippen LogP contribution < -0.4 is 5.56 Å². The number of hydrogen-bond donors (Lipinski definition) is 0. The number of aromatic nitrogens is 2. The molecule has 2 heterocycles. The van der Waals surface area contributed by atoms with Crippen LogP contribution in [0.25, 0.3) is 5.65 Å². The molecule has 19 heavy (non-hydrogen) atoms. The fourth-order valence-corrected chi connectivity index (χ4v) is 1.97. The maximum absolute atomic E-state index is 13.5. The quantitative estimate of drug-likeness (QED) is 0.836. The summed E-state index contributed by atoms with van der Waals surface area (Å²) >= 11 is 0. The van der Waals surface area contributed by atoms with Crippen molar-refractivity contribution in [1.29, 1.82) is 0 Å². The van der Waals surface area contributed by atoms with Crippen LogP contribution in [0.15, 0.2) is 23.3 Å². The summed E-state index contributed by atoms with van der Waals surface area (Å²) in [4.78, 5) is 16.3. The first kappa shape index (κ1) is 13.6. The molecule has 0 amide bonds. The maximum Gasteiger partial charge on any atom is 0.271 e. The molecular weight excluding hydrogens is 250 g/mol. The lowest BCUT2D eigenvalue weighted by Gasteiger charge is -2.16. The number of hydrogen-bond acceptors (Lipinski definition) is 2. The lowest BCUT2D eigenvalue weighted by molar-refractivity contribution is 0.0169. The van der Waals surface area contributed by atoms with E-state index in [1.54, 1.807) is 6.92 Å². The minimum Gasteiger partial charge on any atom is -0.269 e. The third kappa shape index (κ3) is 2.37. The van der Waals surface area contributed by atoms with E-state index in [9.17, 15) is 13.6 Å². The van der Waals surface area contributed by atoms with Gasteiger partial charge in [-0.1, -0.05) is 13.8 Å². The van der Waals surface area contributed by atoms with E-state index in [2.05, 4.69) is 4.98 Å². The molecule has 0 unspecified atom stereocenters. The first-order valence-electron chi connectivity index (χ1n) is 6.12. The van der Waals surface area contributed by atoms with Crippen LogP contribution in [0.5, 0.6) is 0 Å². The number of halogens is 2. The molecule has 2 aromatic rings. The van der Waals surface area contributed by atoms with E-state index in [0.29, 0.717) is 16.8 Å². The standard InChI is InChI=1S/C14H16F2N2O/c1-8(2)11-5-10(14(4,15)16)7-18-12(11)17-6-9(3)13(18)19/h5-8H,1-4H3. The number of nitrogens with zero attached hydrogens (tertiary/aromatic N) is 2. The predicted octanol–water partition coefficient (Wildman–Crippen LogP) is 3.24. The summed E-state index contributed by atoms with van der Waals surface area (Å²) in [5.74, 6) is -2.98. The Morgan fingerprint density at radius 3 is 2.53 bits per heavy atom. The molecule has 0 atom stereocenters. The monoisotopic (exact) mass is 266 g/mol. The van der Waals surface area contributed by atoms with Gasteiger partial charge in [0.15, 0.2) is 0 Å². The van der Waals surface area contributed by atoms with Crippen LogP contribution in [0.1, 0.15) is 43.4 Å². The largest absolute Gasteiger partial charge is 0.271 e. The van der Waals surface area contributed by atoms with Crippen molar-refractivity contribution in [2.75, 3.05) is 0 Å². The third-order valence-corrected chi connectivity index (χ3v) is 3.13. The summed E-state index contributed by atoms with van der Waals surface area (Å²) in [7, 11) is 0. The van der Waals surface area contributed by atoms with Crippen LogP contribution in [0.2, 0.25) is 0 Å². The Morgan fingerprint density at radius 2 is 2.00 bits per heavy atom. The number of rotatable bonds is 2. The van der Waals surface area contributed by atoms with Gasteiger partial charge in [0.05, 0.1) is 0 Å². The summed E-state index contributed by atoms with van der Waals surface area (Å²) in [6, 6.07) is 1.43. The molecule has 2 rings (SSSR count). The molecular formula is C14H16F2N2O. The third-order valence-electron chi connectivity index (χ3n) is 3.13. The van der Waals surface area contributed by atoms with Gasteiger partial charge in [-0.25, -0.2) is 13.8 Å². The van der Waals surface area contributed by atoms with Gasteiger partial charge in [0.2, 0.25) is 0 Å². The van der Waals surface area contributed by atoms with Crippen LogP contribution in [0.4, 0.5) is 8.78 Å². The van der Waals surface area contributed by atoms with Crippen LogP contribution in [-0.4, -0.2) is 9.38 Å². The molecule has 0 fully saturated rings. The summed E-state index contributed by atoms with van der Waals surface area (Å²) in [5.41, 5.74) is 1.05. The number of alkyl halides is 2. The van der Waals surface area contributed by atoms with Crippen LogP contribution in [0, 0.1) is 6.92 Å². The summed E-state index contributed by atoms with van der Waals surface area (Å²) in [6.45, 7) is 6.22. The molecule has 0 N–H and O–H groups in total. The van der Waals surface area contributed by atoms with Crippen molar-refractivity contribution in [2.45, 2.75) is 39.5 Å². The molecule has 0 bridgehead atoms.